The number of hydrogen-bond acceptors (Lipinski definition) is 2. The summed E-state index contributed by atoms with van der Waals surface area (Å²) >= 11 is 0. The van der Waals surface area contributed by atoms with Gasteiger partial charge in [-0.2, -0.15) is 0 Å². The molecule has 0 aliphatic carbocycles. The number of terminal acetylenes is 1. The van der Waals surface area contributed by atoms with Crippen LogP contribution in [0.5, 0.6) is 0 Å². The van der Waals surface area contributed by atoms with Gasteiger partial charge in [0.1, 0.15) is 0 Å². The summed E-state index contributed by atoms with van der Waals surface area (Å²) in [5, 5.41) is 0. The average molecular weight is 180 g/mol. The fourth-order valence-corrected chi connectivity index (χ4v) is 0.662. The maximum atomic E-state index is 10.9. The Balaban J connectivity index is 0. The van der Waals surface area contributed by atoms with Crippen LogP contribution < -0.4 is 11.3 Å². The van der Waals surface area contributed by atoms with E-state index in [1.165, 1.54) is 0 Å². The first-order chi connectivity index (χ1) is 6.13. The van der Waals surface area contributed by atoms with Gasteiger partial charge in [-0.3, -0.25) is 10.2 Å². The van der Waals surface area contributed by atoms with Gasteiger partial charge < -0.3 is 0 Å². The first kappa shape index (κ1) is 14.0. The summed E-state index contributed by atoms with van der Waals surface area (Å²) in [4.78, 5) is 10.9. The second-order valence-electron chi connectivity index (χ2n) is 2.28. The molecule has 0 aliphatic heterocycles. The number of amides is 1. The zero-order valence-corrected chi connectivity index (χ0v) is 8.29. The van der Waals surface area contributed by atoms with Crippen molar-refractivity contribution >= 4 is 5.91 Å². The molecule has 0 bridgehead atoms. The van der Waals surface area contributed by atoms with Crippen LogP contribution in [0, 0.1) is 12.8 Å². The zero-order valence-electron chi connectivity index (χ0n) is 8.29. The van der Waals surface area contributed by atoms with Crippen LogP contribution in [0.4, 0.5) is 0 Å². The monoisotopic (exact) mass is 180 g/mol. The quantitative estimate of drug-likeness (QED) is 0.167. The molecule has 0 aliphatic rings. The van der Waals surface area contributed by atoms with E-state index in [9.17, 15) is 4.79 Å². The van der Waals surface area contributed by atoms with E-state index in [0.29, 0.717) is 5.57 Å². The Hall–Kier alpha value is -1.53. The molecule has 0 unspecified atom stereocenters. The maximum Gasteiger partial charge on any atom is 0.261 e. The van der Waals surface area contributed by atoms with E-state index in [4.69, 9.17) is 5.84 Å². The summed E-state index contributed by atoms with van der Waals surface area (Å²) in [5.74, 6) is 4.71. The van der Waals surface area contributed by atoms with Crippen LogP contribution >= 0.6 is 0 Å². The summed E-state index contributed by atoms with van der Waals surface area (Å²) in [6, 6.07) is 0. The van der Waals surface area contributed by atoms with Crippen molar-refractivity contribution in [2.75, 3.05) is 0 Å². The largest absolute Gasteiger partial charge is 0.290 e. The lowest BCUT2D eigenvalue weighted by molar-refractivity contribution is -0.117. The van der Waals surface area contributed by atoms with Crippen molar-refractivity contribution in [2.24, 2.45) is 5.84 Å². The fourth-order valence-electron chi connectivity index (χ4n) is 0.662. The van der Waals surface area contributed by atoms with Crippen LogP contribution in [0.25, 0.3) is 0 Å². The number of nitrogens with one attached hydrogen (secondary N) is 1. The summed E-state index contributed by atoms with van der Waals surface area (Å²) in [7, 11) is 0. The standard InChI is InChI=1S/C8H14N2O.C2H2/c1-4-5-6(2)7(3)8(11)10-9;1-2/h4-5H,9H2,1-3H3,(H,10,11);1-2H/b5-4-,7-6?;. The normalized spacial score (nSPS) is 11.2. The second-order valence-corrected chi connectivity index (χ2v) is 2.28. The third kappa shape index (κ3) is 5.71. The predicted octanol–water partition coefficient (Wildman–Crippen LogP) is 1.14. The number of carbonyl (C=O) groups is 1. The van der Waals surface area contributed by atoms with Crippen LogP contribution in [0.2, 0.25) is 0 Å². The van der Waals surface area contributed by atoms with Gasteiger partial charge in [-0.25, -0.2) is 5.84 Å². The smallest absolute Gasteiger partial charge is 0.261 e. The van der Waals surface area contributed by atoms with Crippen LogP contribution in [-0.2, 0) is 4.79 Å². The summed E-state index contributed by atoms with van der Waals surface area (Å²) in [6.45, 7) is 5.50. The molecular formula is C10H16N2O. The van der Waals surface area contributed by atoms with E-state index in [1.54, 1.807) is 6.92 Å². The van der Waals surface area contributed by atoms with E-state index < -0.39 is 0 Å². The number of hydrazine groups is 1. The molecule has 0 aromatic heterocycles. The van der Waals surface area contributed by atoms with E-state index in [2.05, 4.69) is 18.3 Å². The lowest BCUT2D eigenvalue weighted by Gasteiger charge is -2.00. The highest BCUT2D eigenvalue weighted by molar-refractivity contribution is 5.93. The molecule has 0 rings (SSSR count). The van der Waals surface area contributed by atoms with E-state index in [-0.39, 0.29) is 5.91 Å². The maximum absolute atomic E-state index is 10.9. The molecule has 0 aromatic rings. The van der Waals surface area contributed by atoms with Crippen molar-refractivity contribution in [3.8, 4) is 12.8 Å². The van der Waals surface area contributed by atoms with Crippen molar-refractivity contribution < 1.29 is 4.79 Å². The lowest BCUT2D eigenvalue weighted by atomic mass is 10.1. The minimum absolute atomic E-state index is 0.236. The van der Waals surface area contributed by atoms with E-state index >= 15 is 0 Å². The Morgan fingerprint density at radius 1 is 1.38 bits per heavy atom. The number of nitrogens with two attached hydrogens (primary N) is 1. The van der Waals surface area contributed by atoms with Gasteiger partial charge >= 0.3 is 0 Å². The molecule has 1 amide bonds. The highest BCUT2D eigenvalue weighted by Crippen LogP contribution is 2.03. The average Bonchev–Trinajstić information content (AvgIpc) is 2.19. The van der Waals surface area contributed by atoms with Crippen molar-refractivity contribution in [3.05, 3.63) is 23.3 Å². The number of rotatable bonds is 2. The van der Waals surface area contributed by atoms with Gasteiger partial charge in [-0.1, -0.05) is 12.2 Å². The SMILES string of the molecule is C#C.C/C=C\C(C)=C(C)C(=O)NN. The predicted molar refractivity (Wildman–Crippen MR) is 55.4 cm³/mol. The minimum atomic E-state index is -0.236. The third-order valence-corrected chi connectivity index (χ3v) is 1.48. The van der Waals surface area contributed by atoms with Crippen molar-refractivity contribution in [1.29, 1.82) is 0 Å². The molecule has 0 spiro atoms. The molecule has 0 heterocycles. The lowest BCUT2D eigenvalue weighted by Crippen LogP contribution is -2.31. The number of carbonyl (C=O) groups excluding carboxylic acids is 1. The Morgan fingerprint density at radius 3 is 2.15 bits per heavy atom. The van der Waals surface area contributed by atoms with Gasteiger partial charge in [-0.15, -0.1) is 12.8 Å². The van der Waals surface area contributed by atoms with Gasteiger partial charge in [-0.05, 0) is 26.3 Å². The molecule has 3 N–H and O–H groups in total. The summed E-state index contributed by atoms with van der Waals surface area (Å²) in [5.41, 5.74) is 3.64. The third-order valence-electron chi connectivity index (χ3n) is 1.48. The first-order valence-corrected chi connectivity index (χ1v) is 3.78. The van der Waals surface area contributed by atoms with Gasteiger partial charge in [0.25, 0.3) is 5.91 Å². The molecule has 0 saturated carbocycles. The highest BCUT2D eigenvalue weighted by Gasteiger charge is 2.02. The number of allylic oxidation sites excluding steroid dienone is 3. The summed E-state index contributed by atoms with van der Waals surface area (Å²) in [6.07, 6.45) is 11.7. The van der Waals surface area contributed by atoms with Gasteiger partial charge in [0.05, 0.1) is 0 Å². The highest BCUT2D eigenvalue weighted by atomic mass is 16.2. The molecule has 13 heavy (non-hydrogen) atoms. The van der Waals surface area contributed by atoms with Crippen LogP contribution in [0.1, 0.15) is 20.8 Å². The molecule has 3 heteroatoms. The van der Waals surface area contributed by atoms with Crippen molar-refractivity contribution in [3.63, 3.8) is 0 Å². The van der Waals surface area contributed by atoms with Gasteiger partial charge in [0.15, 0.2) is 0 Å². The van der Waals surface area contributed by atoms with Gasteiger partial charge in [0.2, 0.25) is 0 Å². The number of hydrogen-bond donors (Lipinski definition) is 2. The van der Waals surface area contributed by atoms with Gasteiger partial charge in [0, 0.05) is 5.57 Å². The Bertz CT molecular complexity index is 237. The van der Waals surface area contributed by atoms with Crippen LogP contribution in [0.15, 0.2) is 23.3 Å². The molecule has 0 atom stereocenters. The Kier molecular flexibility index (Phi) is 9.24. The Labute approximate surface area is 79.7 Å². The zero-order chi connectivity index (χ0) is 10.9. The molecule has 72 valence electrons. The minimum Gasteiger partial charge on any atom is -0.290 e. The fraction of sp³-hybridized carbons (Fsp3) is 0.300. The van der Waals surface area contributed by atoms with Crippen molar-refractivity contribution in [2.45, 2.75) is 20.8 Å². The van der Waals surface area contributed by atoms with Crippen LogP contribution in [-0.4, -0.2) is 5.91 Å². The first-order valence-electron chi connectivity index (χ1n) is 3.78. The summed E-state index contributed by atoms with van der Waals surface area (Å²) < 4.78 is 0. The van der Waals surface area contributed by atoms with Crippen LogP contribution in [0.3, 0.4) is 0 Å². The molecule has 0 fully saturated rings. The molecule has 0 aromatic carbocycles. The molecule has 0 radical (unpaired) electrons. The van der Waals surface area contributed by atoms with E-state index in [0.717, 1.165) is 5.57 Å². The Morgan fingerprint density at radius 2 is 1.85 bits per heavy atom. The topological polar surface area (TPSA) is 55.1 Å². The van der Waals surface area contributed by atoms with Crippen molar-refractivity contribution in [1.82, 2.24) is 5.43 Å². The second kappa shape index (κ2) is 8.57. The molecule has 3 nitrogen and oxygen atoms in total. The van der Waals surface area contributed by atoms with E-state index in [1.807, 2.05) is 26.0 Å². The molecule has 0 saturated heterocycles. The molecular weight excluding hydrogens is 164 g/mol.